The molecule has 1 aromatic carbocycles. The first kappa shape index (κ1) is 18.1. The normalized spacial score (nSPS) is 15.7. The van der Waals surface area contributed by atoms with E-state index >= 15 is 0 Å². The van der Waals surface area contributed by atoms with E-state index in [9.17, 15) is 0 Å². The zero-order valence-electron chi connectivity index (χ0n) is 13.5. The van der Waals surface area contributed by atoms with Gasteiger partial charge < -0.3 is 20.4 Å². The first-order chi connectivity index (χ1) is 10.8. The summed E-state index contributed by atoms with van der Waals surface area (Å²) in [6.45, 7) is 6.04. The van der Waals surface area contributed by atoms with Crippen molar-refractivity contribution in [1.82, 2.24) is 9.88 Å². The lowest BCUT2D eigenvalue weighted by Gasteiger charge is -2.27. The molecule has 0 atom stereocenters. The molecule has 0 radical (unpaired) electrons. The highest BCUT2D eigenvalue weighted by atomic mass is 127. The minimum atomic E-state index is 0. The van der Waals surface area contributed by atoms with Gasteiger partial charge in [0.25, 0.3) is 0 Å². The molecule has 5 nitrogen and oxygen atoms in total. The van der Waals surface area contributed by atoms with Crippen molar-refractivity contribution in [2.75, 3.05) is 32.8 Å². The molecule has 1 aliphatic heterocycles. The van der Waals surface area contributed by atoms with Gasteiger partial charge in [-0.25, -0.2) is 0 Å². The molecular weight excluding hydrogens is 403 g/mol. The average Bonchev–Trinajstić information content (AvgIpc) is 2.99. The minimum Gasteiger partial charge on any atom is -0.378 e. The fourth-order valence-electron chi connectivity index (χ4n) is 2.96. The van der Waals surface area contributed by atoms with Crippen LogP contribution in [-0.4, -0.2) is 48.7 Å². The van der Waals surface area contributed by atoms with Crippen LogP contribution >= 0.6 is 24.0 Å². The summed E-state index contributed by atoms with van der Waals surface area (Å²) in [5.41, 5.74) is 9.98. The summed E-state index contributed by atoms with van der Waals surface area (Å²) in [5, 5.41) is 1.31. The molecule has 6 heteroatoms. The van der Waals surface area contributed by atoms with E-state index in [1.165, 1.54) is 22.0 Å². The van der Waals surface area contributed by atoms with Crippen molar-refractivity contribution < 1.29 is 4.74 Å². The summed E-state index contributed by atoms with van der Waals surface area (Å²) < 4.78 is 5.33. The van der Waals surface area contributed by atoms with Gasteiger partial charge in [0.05, 0.1) is 13.2 Å². The number of hydrogen-bond acceptors (Lipinski definition) is 2. The van der Waals surface area contributed by atoms with Crippen LogP contribution in [0.3, 0.4) is 0 Å². The van der Waals surface area contributed by atoms with Gasteiger partial charge >= 0.3 is 0 Å². The number of nitrogens with two attached hydrogens (primary N) is 1. The first-order valence-corrected chi connectivity index (χ1v) is 8.00. The van der Waals surface area contributed by atoms with Crippen LogP contribution < -0.4 is 5.73 Å². The van der Waals surface area contributed by atoms with Crippen LogP contribution in [0, 0.1) is 0 Å². The SMILES string of the molecule is CCc1cccc2c(CCN=C(N)N3CCOCC3)c[nH]c12.I. The maximum absolute atomic E-state index is 6.06. The Morgan fingerprint density at radius 3 is 2.83 bits per heavy atom. The lowest BCUT2D eigenvalue weighted by atomic mass is 10.1. The number of H-pyrrole nitrogens is 1. The highest BCUT2D eigenvalue weighted by Crippen LogP contribution is 2.22. The zero-order chi connectivity index (χ0) is 15.4. The first-order valence-electron chi connectivity index (χ1n) is 8.00. The number of aliphatic imine (C=N–C) groups is 1. The smallest absolute Gasteiger partial charge is 0.191 e. The number of aromatic nitrogens is 1. The Morgan fingerprint density at radius 1 is 1.30 bits per heavy atom. The summed E-state index contributed by atoms with van der Waals surface area (Å²) in [6, 6.07) is 6.48. The molecule has 1 fully saturated rings. The molecule has 0 unspecified atom stereocenters. The number of morpholine rings is 1. The topological polar surface area (TPSA) is 66.6 Å². The van der Waals surface area contributed by atoms with E-state index in [4.69, 9.17) is 10.5 Å². The van der Waals surface area contributed by atoms with Gasteiger partial charge in [-0.3, -0.25) is 4.99 Å². The quantitative estimate of drug-likeness (QED) is 0.447. The van der Waals surface area contributed by atoms with Crippen molar-refractivity contribution in [1.29, 1.82) is 0 Å². The maximum atomic E-state index is 6.06. The molecule has 2 heterocycles. The molecule has 1 saturated heterocycles. The number of nitrogens with one attached hydrogen (secondary N) is 1. The van der Waals surface area contributed by atoms with Crippen molar-refractivity contribution in [3.8, 4) is 0 Å². The van der Waals surface area contributed by atoms with Gasteiger partial charge in [0.15, 0.2) is 5.96 Å². The number of nitrogens with zero attached hydrogens (tertiary/aromatic N) is 2. The van der Waals surface area contributed by atoms with E-state index in [1.54, 1.807) is 0 Å². The highest BCUT2D eigenvalue weighted by Gasteiger charge is 2.12. The van der Waals surface area contributed by atoms with E-state index in [1.807, 2.05) is 0 Å². The fraction of sp³-hybridized carbons (Fsp3) is 0.471. The molecule has 0 bridgehead atoms. The number of ether oxygens (including phenoxy) is 1. The van der Waals surface area contributed by atoms with Crippen molar-refractivity contribution in [2.45, 2.75) is 19.8 Å². The summed E-state index contributed by atoms with van der Waals surface area (Å²) in [4.78, 5) is 10.0. The summed E-state index contributed by atoms with van der Waals surface area (Å²) in [6.07, 6.45) is 4.04. The van der Waals surface area contributed by atoms with E-state index in [-0.39, 0.29) is 24.0 Å². The van der Waals surface area contributed by atoms with Gasteiger partial charge in [-0.05, 0) is 24.0 Å². The number of benzene rings is 1. The van der Waals surface area contributed by atoms with E-state index in [0.29, 0.717) is 12.5 Å². The molecule has 3 rings (SSSR count). The lowest BCUT2D eigenvalue weighted by Crippen LogP contribution is -2.44. The number of para-hydroxylation sites is 1. The highest BCUT2D eigenvalue weighted by molar-refractivity contribution is 14.0. The predicted octanol–water partition coefficient (Wildman–Crippen LogP) is 2.54. The van der Waals surface area contributed by atoms with Gasteiger partial charge in [0, 0.05) is 36.7 Å². The van der Waals surface area contributed by atoms with Crippen LogP contribution in [0.5, 0.6) is 0 Å². The molecule has 0 spiro atoms. The van der Waals surface area contributed by atoms with Crippen molar-refractivity contribution in [3.63, 3.8) is 0 Å². The Kier molecular flexibility index (Phi) is 6.71. The van der Waals surface area contributed by atoms with Crippen LogP contribution in [0.25, 0.3) is 10.9 Å². The van der Waals surface area contributed by atoms with Gasteiger partial charge in [0.1, 0.15) is 0 Å². The molecule has 0 amide bonds. The Morgan fingerprint density at radius 2 is 2.09 bits per heavy atom. The summed E-state index contributed by atoms with van der Waals surface area (Å²) in [7, 11) is 0. The number of hydrogen-bond donors (Lipinski definition) is 2. The molecule has 0 saturated carbocycles. The summed E-state index contributed by atoms with van der Waals surface area (Å²) >= 11 is 0. The number of aryl methyl sites for hydroxylation is 1. The molecule has 126 valence electrons. The van der Waals surface area contributed by atoms with Crippen LogP contribution in [-0.2, 0) is 17.6 Å². The maximum Gasteiger partial charge on any atom is 0.191 e. The third-order valence-corrected chi connectivity index (χ3v) is 4.26. The third-order valence-electron chi connectivity index (χ3n) is 4.26. The van der Waals surface area contributed by atoms with Crippen LogP contribution in [0.2, 0.25) is 0 Å². The number of rotatable bonds is 4. The number of aromatic amines is 1. The molecule has 23 heavy (non-hydrogen) atoms. The second kappa shape index (κ2) is 8.54. The molecule has 1 aliphatic rings. The summed E-state index contributed by atoms with van der Waals surface area (Å²) in [5.74, 6) is 0.636. The molecule has 3 N–H and O–H groups in total. The lowest BCUT2D eigenvalue weighted by molar-refractivity contribution is 0.0674. The van der Waals surface area contributed by atoms with Crippen molar-refractivity contribution >= 4 is 40.8 Å². The van der Waals surface area contributed by atoms with Crippen molar-refractivity contribution in [3.05, 3.63) is 35.5 Å². The van der Waals surface area contributed by atoms with Crippen LogP contribution in [0.1, 0.15) is 18.1 Å². The average molecular weight is 428 g/mol. The largest absolute Gasteiger partial charge is 0.378 e. The third kappa shape index (κ3) is 4.17. The Labute approximate surface area is 154 Å². The Bertz CT molecular complexity index is 662. The second-order valence-corrected chi connectivity index (χ2v) is 5.60. The van der Waals surface area contributed by atoms with Crippen LogP contribution in [0.4, 0.5) is 0 Å². The monoisotopic (exact) mass is 428 g/mol. The standard InChI is InChI=1S/C17H24N4O.HI/c1-2-13-4-3-5-15-14(12-20-16(13)15)6-7-19-17(18)21-8-10-22-11-9-21;/h3-5,12,20H,2,6-11H2,1H3,(H2,18,19);1H. The fourth-order valence-corrected chi connectivity index (χ4v) is 2.96. The molecule has 0 aliphatic carbocycles. The number of halogens is 1. The number of fused-ring (bicyclic) bond motifs is 1. The van der Waals surface area contributed by atoms with E-state index in [0.717, 1.165) is 39.1 Å². The molecule has 2 aromatic rings. The predicted molar refractivity (Wildman–Crippen MR) is 106 cm³/mol. The van der Waals surface area contributed by atoms with Gasteiger partial charge in [-0.1, -0.05) is 25.1 Å². The van der Waals surface area contributed by atoms with Crippen LogP contribution in [0.15, 0.2) is 29.4 Å². The molecule has 1 aromatic heterocycles. The Hall–Kier alpha value is -1.28. The van der Waals surface area contributed by atoms with Gasteiger partial charge in [0.2, 0.25) is 0 Å². The molecular formula is C17H25IN4O. The van der Waals surface area contributed by atoms with Gasteiger partial charge in [-0.2, -0.15) is 0 Å². The Balaban J connectivity index is 0.00000192. The van der Waals surface area contributed by atoms with E-state index < -0.39 is 0 Å². The van der Waals surface area contributed by atoms with E-state index in [2.05, 4.69) is 46.2 Å². The number of guanidine groups is 1. The minimum absolute atomic E-state index is 0. The van der Waals surface area contributed by atoms with Gasteiger partial charge in [-0.15, -0.1) is 24.0 Å². The second-order valence-electron chi connectivity index (χ2n) is 5.60. The zero-order valence-corrected chi connectivity index (χ0v) is 15.9. The van der Waals surface area contributed by atoms with Crippen molar-refractivity contribution in [2.24, 2.45) is 10.7 Å².